The molecule has 1 heterocycles. The van der Waals surface area contributed by atoms with Crippen LogP contribution in [0.3, 0.4) is 0 Å². The number of carbonyl (C=O) groups is 2. The van der Waals surface area contributed by atoms with Crippen LogP contribution < -0.4 is 10.2 Å². The monoisotopic (exact) mass is 293 g/mol. The summed E-state index contributed by atoms with van der Waals surface area (Å²) in [6.07, 6.45) is 0.239. The van der Waals surface area contributed by atoms with Crippen LogP contribution >= 0.6 is 15.9 Å². The quantitative estimate of drug-likeness (QED) is 0.857. The first-order valence-corrected chi connectivity index (χ1v) is 5.72. The molecule has 5 nitrogen and oxygen atoms in total. The fourth-order valence-electron chi connectivity index (χ4n) is 1.62. The molecule has 1 fully saturated rings. The van der Waals surface area contributed by atoms with Crippen molar-refractivity contribution in [2.75, 3.05) is 11.4 Å². The fourth-order valence-corrected chi connectivity index (χ4v) is 1.97. The van der Waals surface area contributed by atoms with E-state index in [9.17, 15) is 9.59 Å². The van der Waals surface area contributed by atoms with Crippen LogP contribution in [0.5, 0.6) is 0 Å². The molecule has 0 unspecified atom stereocenters. The Hall–Kier alpha value is -1.87. The zero-order valence-electron chi connectivity index (χ0n) is 8.74. The van der Waals surface area contributed by atoms with E-state index in [-0.39, 0.29) is 18.9 Å². The van der Waals surface area contributed by atoms with Gasteiger partial charge in [0.05, 0.1) is 11.3 Å². The van der Waals surface area contributed by atoms with Crippen molar-refractivity contribution in [3.63, 3.8) is 0 Å². The summed E-state index contributed by atoms with van der Waals surface area (Å²) in [5.74, 6) is -0.292. The zero-order chi connectivity index (χ0) is 12.4. The molecule has 86 valence electrons. The number of hydrogen-bond donors (Lipinski definition) is 1. The molecule has 0 spiro atoms. The Labute approximate surface area is 106 Å². The lowest BCUT2D eigenvalue weighted by Gasteiger charge is -2.27. The van der Waals surface area contributed by atoms with Crippen molar-refractivity contribution in [2.24, 2.45) is 0 Å². The lowest BCUT2D eigenvalue weighted by molar-refractivity contribution is -0.120. The number of nitrogens with zero attached hydrogens (tertiary/aromatic N) is 2. The van der Waals surface area contributed by atoms with Gasteiger partial charge in [-0.1, -0.05) is 15.9 Å². The van der Waals surface area contributed by atoms with Gasteiger partial charge in [-0.2, -0.15) is 5.26 Å². The lowest BCUT2D eigenvalue weighted by atomic mass is 10.1. The summed E-state index contributed by atoms with van der Waals surface area (Å²) in [5, 5.41) is 11.2. The minimum atomic E-state index is -0.490. The molecule has 1 N–H and O–H groups in total. The van der Waals surface area contributed by atoms with Gasteiger partial charge in [-0.25, -0.2) is 4.79 Å². The Kier molecular flexibility index (Phi) is 3.11. The molecule has 1 aliphatic heterocycles. The largest absolute Gasteiger partial charge is 0.328 e. The van der Waals surface area contributed by atoms with E-state index in [4.69, 9.17) is 5.26 Å². The molecular formula is C11H8BrN3O2. The van der Waals surface area contributed by atoms with Crippen LogP contribution in [-0.2, 0) is 4.79 Å². The minimum Gasteiger partial charge on any atom is -0.292 e. The normalized spacial score (nSPS) is 15.4. The van der Waals surface area contributed by atoms with Crippen molar-refractivity contribution in [1.29, 1.82) is 5.26 Å². The van der Waals surface area contributed by atoms with E-state index in [1.165, 1.54) is 4.90 Å². The third-order valence-electron chi connectivity index (χ3n) is 2.43. The molecule has 0 aromatic heterocycles. The van der Waals surface area contributed by atoms with E-state index in [0.29, 0.717) is 11.3 Å². The Bertz CT molecular complexity index is 536. The van der Waals surface area contributed by atoms with Crippen LogP contribution in [0.25, 0.3) is 0 Å². The smallest absolute Gasteiger partial charge is 0.292 e. The molecule has 3 amide bonds. The van der Waals surface area contributed by atoms with E-state index in [0.717, 1.165) is 4.47 Å². The van der Waals surface area contributed by atoms with Crippen molar-refractivity contribution >= 4 is 33.6 Å². The van der Waals surface area contributed by atoms with Gasteiger partial charge in [0.2, 0.25) is 5.91 Å². The number of carbonyl (C=O) groups excluding carboxylic acids is 2. The van der Waals surface area contributed by atoms with E-state index >= 15 is 0 Å². The molecule has 1 aromatic rings. The van der Waals surface area contributed by atoms with Crippen LogP contribution in [0.15, 0.2) is 22.7 Å². The average molecular weight is 294 g/mol. The summed E-state index contributed by atoms with van der Waals surface area (Å²) >= 11 is 3.29. The number of nitriles is 1. The third-order valence-corrected chi connectivity index (χ3v) is 2.92. The first kappa shape index (κ1) is 11.6. The summed E-state index contributed by atoms with van der Waals surface area (Å²) in [6.45, 7) is 0.288. The number of halogens is 1. The van der Waals surface area contributed by atoms with E-state index in [1.807, 2.05) is 6.07 Å². The van der Waals surface area contributed by atoms with Gasteiger partial charge in [0.15, 0.2) is 0 Å². The van der Waals surface area contributed by atoms with Gasteiger partial charge >= 0.3 is 6.03 Å². The Morgan fingerprint density at radius 3 is 2.82 bits per heavy atom. The molecule has 0 aliphatic carbocycles. The number of nitrogens with one attached hydrogen (secondary N) is 1. The number of imide groups is 1. The van der Waals surface area contributed by atoms with Gasteiger partial charge in [-0.05, 0) is 18.2 Å². The first-order valence-electron chi connectivity index (χ1n) is 4.93. The maximum Gasteiger partial charge on any atom is 0.328 e. The van der Waals surface area contributed by atoms with E-state index in [1.54, 1.807) is 18.2 Å². The summed E-state index contributed by atoms with van der Waals surface area (Å²) in [4.78, 5) is 24.1. The second-order valence-corrected chi connectivity index (χ2v) is 4.44. The van der Waals surface area contributed by atoms with Gasteiger partial charge in [0.1, 0.15) is 6.07 Å². The topological polar surface area (TPSA) is 73.2 Å². The molecule has 1 aromatic carbocycles. The van der Waals surface area contributed by atoms with Crippen molar-refractivity contribution in [1.82, 2.24) is 5.32 Å². The number of anilines is 1. The maximum absolute atomic E-state index is 11.7. The molecule has 0 bridgehead atoms. The highest BCUT2D eigenvalue weighted by Crippen LogP contribution is 2.26. The molecule has 6 heteroatoms. The summed E-state index contributed by atoms with van der Waals surface area (Å²) in [6, 6.07) is 6.58. The Morgan fingerprint density at radius 1 is 1.41 bits per heavy atom. The van der Waals surface area contributed by atoms with Crippen LogP contribution in [0, 0.1) is 11.3 Å². The fraction of sp³-hybridized carbons (Fsp3) is 0.182. The van der Waals surface area contributed by atoms with Crippen LogP contribution in [0.2, 0.25) is 0 Å². The maximum atomic E-state index is 11.7. The van der Waals surface area contributed by atoms with E-state index < -0.39 is 6.03 Å². The molecule has 0 radical (unpaired) electrons. The number of rotatable bonds is 1. The second kappa shape index (κ2) is 4.55. The highest BCUT2D eigenvalue weighted by molar-refractivity contribution is 9.10. The summed E-state index contributed by atoms with van der Waals surface area (Å²) < 4.78 is 0.774. The highest BCUT2D eigenvalue weighted by atomic mass is 79.9. The van der Waals surface area contributed by atoms with Gasteiger partial charge in [-0.15, -0.1) is 0 Å². The molecular weight excluding hydrogens is 286 g/mol. The summed E-state index contributed by atoms with van der Waals surface area (Å²) in [7, 11) is 0. The molecule has 1 saturated heterocycles. The van der Waals surface area contributed by atoms with Crippen LogP contribution in [-0.4, -0.2) is 18.5 Å². The van der Waals surface area contributed by atoms with Crippen LogP contribution in [0.1, 0.15) is 12.0 Å². The first-order chi connectivity index (χ1) is 8.11. The SMILES string of the molecule is N#Cc1ccc(Br)cc1N1CCC(=O)NC1=O. The predicted molar refractivity (Wildman–Crippen MR) is 64.4 cm³/mol. The van der Waals surface area contributed by atoms with Gasteiger partial charge in [0, 0.05) is 17.4 Å². The Morgan fingerprint density at radius 2 is 2.18 bits per heavy atom. The van der Waals surface area contributed by atoms with Crippen LogP contribution in [0.4, 0.5) is 10.5 Å². The van der Waals surface area contributed by atoms with Gasteiger partial charge in [0.25, 0.3) is 0 Å². The van der Waals surface area contributed by atoms with E-state index in [2.05, 4.69) is 21.2 Å². The molecule has 17 heavy (non-hydrogen) atoms. The highest BCUT2D eigenvalue weighted by Gasteiger charge is 2.26. The standard InChI is InChI=1S/C11H8BrN3O2/c12-8-2-1-7(6-13)9(5-8)15-4-3-10(16)14-11(15)17/h1-2,5H,3-4H2,(H,14,16,17). The van der Waals surface area contributed by atoms with Crippen molar-refractivity contribution in [3.05, 3.63) is 28.2 Å². The lowest BCUT2D eigenvalue weighted by Crippen LogP contribution is -2.49. The average Bonchev–Trinajstić information content (AvgIpc) is 2.29. The van der Waals surface area contributed by atoms with Crippen molar-refractivity contribution < 1.29 is 9.59 Å². The number of benzene rings is 1. The molecule has 2 rings (SSSR count). The van der Waals surface area contributed by atoms with Gasteiger partial charge in [-0.3, -0.25) is 15.0 Å². The molecule has 0 atom stereocenters. The second-order valence-electron chi connectivity index (χ2n) is 3.53. The number of hydrogen-bond acceptors (Lipinski definition) is 3. The van der Waals surface area contributed by atoms with Crippen molar-refractivity contribution in [2.45, 2.75) is 6.42 Å². The zero-order valence-corrected chi connectivity index (χ0v) is 10.3. The Balaban J connectivity index is 2.40. The minimum absolute atomic E-state index is 0.239. The number of urea groups is 1. The predicted octanol–water partition coefficient (Wildman–Crippen LogP) is 1.77. The molecule has 0 saturated carbocycles. The molecule has 1 aliphatic rings. The summed E-state index contributed by atoms with van der Waals surface area (Å²) in [5.41, 5.74) is 0.907. The van der Waals surface area contributed by atoms with Crippen molar-refractivity contribution in [3.8, 4) is 6.07 Å². The third kappa shape index (κ3) is 2.29. The number of amides is 3. The van der Waals surface area contributed by atoms with Gasteiger partial charge < -0.3 is 0 Å².